The van der Waals surface area contributed by atoms with Crippen LogP contribution in [-0.4, -0.2) is 73.4 Å². The summed E-state index contributed by atoms with van der Waals surface area (Å²) in [5.41, 5.74) is 0. The van der Waals surface area contributed by atoms with Crippen LogP contribution in [-0.2, 0) is 18.4 Å². The van der Waals surface area contributed by atoms with Gasteiger partial charge in [0.2, 0.25) is 5.91 Å². The standard InChI is InChI=1S/C51H99N2O6P/c1-6-8-10-12-14-16-18-20-22-24-25-26-27-28-29-31-33-35-37-39-41-43-45-51(55)52-49(48-59-60(56,57)58-47-46-53(3,4)5)50(54)44-42-40-38-36-34-32-30-23-21-19-17-15-13-11-9-7-2/h21,23,34,36,42,44,49-50,54H,6-20,22,24-33,35,37-41,43,45-48H2,1-5H3,(H-,52,55,56,57)/p+1/b23-21+,36-34+,44-42+. The van der Waals surface area contributed by atoms with E-state index >= 15 is 0 Å². The second-order valence-corrected chi connectivity index (χ2v) is 20.0. The fraction of sp³-hybridized carbons (Fsp3) is 0.863. The van der Waals surface area contributed by atoms with Crippen LogP contribution >= 0.6 is 7.82 Å². The number of amides is 1. The molecule has 1 amide bonds. The molecule has 0 aromatic rings. The predicted octanol–water partition coefficient (Wildman–Crippen LogP) is 14.6. The van der Waals surface area contributed by atoms with Gasteiger partial charge in [0.15, 0.2) is 0 Å². The fourth-order valence-electron chi connectivity index (χ4n) is 7.31. The maximum Gasteiger partial charge on any atom is 0.472 e. The molecule has 0 aromatic heterocycles. The number of aliphatic hydroxyl groups is 1. The quantitative estimate of drug-likeness (QED) is 0.0244. The predicted molar refractivity (Wildman–Crippen MR) is 258 cm³/mol. The van der Waals surface area contributed by atoms with E-state index in [4.69, 9.17) is 9.05 Å². The monoisotopic (exact) mass is 868 g/mol. The summed E-state index contributed by atoms with van der Waals surface area (Å²) < 4.78 is 23.6. The summed E-state index contributed by atoms with van der Waals surface area (Å²) in [6.45, 7) is 4.79. The molecule has 3 unspecified atom stereocenters. The van der Waals surface area contributed by atoms with Crippen LogP contribution in [0.3, 0.4) is 0 Å². The van der Waals surface area contributed by atoms with Crippen LogP contribution in [0, 0.1) is 0 Å². The summed E-state index contributed by atoms with van der Waals surface area (Å²) >= 11 is 0. The summed E-state index contributed by atoms with van der Waals surface area (Å²) in [4.78, 5) is 23.2. The Bertz CT molecular complexity index is 1070. The summed E-state index contributed by atoms with van der Waals surface area (Å²) in [6, 6.07) is -0.866. The Morgan fingerprint density at radius 1 is 0.550 bits per heavy atom. The van der Waals surface area contributed by atoms with E-state index < -0.39 is 20.0 Å². The highest BCUT2D eigenvalue weighted by Crippen LogP contribution is 2.43. The highest BCUT2D eigenvalue weighted by atomic mass is 31.2. The van der Waals surface area contributed by atoms with Crippen LogP contribution in [0.25, 0.3) is 0 Å². The molecule has 0 radical (unpaired) electrons. The molecule has 354 valence electrons. The van der Waals surface area contributed by atoms with Gasteiger partial charge in [0.25, 0.3) is 0 Å². The molecule has 0 aliphatic rings. The maximum absolute atomic E-state index is 12.9. The second kappa shape index (κ2) is 43.0. The number of allylic oxidation sites excluding steroid dienone is 5. The van der Waals surface area contributed by atoms with Crippen molar-refractivity contribution in [3.05, 3.63) is 36.5 Å². The van der Waals surface area contributed by atoms with Crippen LogP contribution in [0.1, 0.15) is 232 Å². The van der Waals surface area contributed by atoms with Gasteiger partial charge in [-0.1, -0.05) is 217 Å². The minimum absolute atomic E-state index is 0.0548. The molecule has 0 bridgehead atoms. The van der Waals surface area contributed by atoms with Crippen molar-refractivity contribution < 1.29 is 32.9 Å². The van der Waals surface area contributed by atoms with Gasteiger partial charge in [-0.25, -0.2) is 4.57 Å². The second-order valence-electron chi connectivity index (χ2n) is 18.5. The molecule has 0 spiro atoms. The summed E-state index contributed by atoms with van der Waals surface area (Å²) in [5.74, 6) is -0.188. The first-order valence-electron chi connectivity index (χ1n) is 25.4. The summed E-state index contributed by atoms with van der Waals surface area (Å²) in [5, 5.41) is 13.8. The van der Waals surface area contributed by atoms with Gasteiger partial charge in [0.1, 0.15) is 13.2 Å². The van der Waals surface area contributed by atoms with Crippen molar-refractivity contribution in [1.29, 1.82) is 0 Å². The fourth-order valence-corrected chi connectivity index (χ4v) is 8.05. The van der Waals surface area contributed by atoms with Crippen molar-refractivity contribution in [1.82, 2.24) is 5.32 Å². The molecule has 0 aliphatic heterocycles. The smallest absolute Gasteiger partial charge is 0.387 e. The van der Waals surface area contributed by atoms with Gasteiger partial charge in [-0.15, -0.1) is 0 Å². The van der Waals surface area contributed by atoms with Crippen molar-refractivity contribution in [2.75, 3.05) is 40.9 Å². The molecule has 3 N–H and O–H groups in total. The number of rotatable bonds is 46. The molecular formula is C51H100N2O6P+. The lowest BCUT2D eigenvalue weighted by Crippen LogP contribution is -2.45. The van der Waals surface area contributed by atoms with E-state index in [1.54, 1.807) is 6.08 Å². The number of carbonyl (C=O) groups is 1. The number of phosphoric ester groups is 1. The lowest BCUT2D eigenvalue weighted by atomic mass is 10.0. The average molecular weight is 868 g/mol. The van der Waals surface area contributed by atoms with E-state index in [1.807, 2.05) is 27.2 Å². The zero-order chi connectivity index (χ0) is 44.3. The van der Waals surface area contributed by atoms with Crippen molar-refractivity contribution >= 4 is 13.7 Å². The van der Waals surface area contributed by atoms with Crippen molar-refractivity contribution in [2.45, 2.75) is 244 Å². The molecule has 0 aromatic carbocycles. The van der Waals surface area contributed by atoms with E-state index in [0.717, 1.165) is 44.9 Å². The van der Waals surface area contributed by atoms with Gasteiger partial charge >= 0.3 is 7.82 Å². The molecule has 0 rings (SSSR count). The molecule has 0 saturated heterocycles. The number of phosphoric acid groups is 1. The van der Waals surface area contributed by atoms with Crippen LogP contribution in [0.5, 0.6) is 0 Å². The maximum atomic E-state index is 12.9. The minimum atomic E-state index is -4.35. The zero-order valence-corrected chi connectivity index (χ0v) is 41.1. The van der Waals surface area contributed by atoms with Gasteiger partial charge in [-0.3, -0.25) is 13.8 Å². The Hall–Kier alpha value is -1.28. The number of aliphatic hydroxyl groups excluding tert-OH is 1. The molecule has 0 aliphatic carbocycles. The Morgan fingerprint density at radius 2 is 0.917 bits per heavy atom. The van der Waals surface area contributed by atoms with Crippen molar-refractivity contribution in [3.8, 4) is 0 Å². The molecule has 0 heterocycles. The van der Waals surface area contributed by atoms with Crippen LogP contribution < -0.4 is 5.32 Å². The number of nitrogens with zero attached hydrogens (tertiary/aromatic N) is 1. The number of hydrogen-bond acceptors (Lipinski definition) is 5. The van der Waals surface area contributed by atoms with E-state index in [2.05, 4.69) is 43.5 Å². The van der Waals surface area contributed by atoms with Crippen molar-refractivity contribution in [2.24, 2.45) is 0 Å². The van der Waals surface area contributed by atoms with E-state index in [-0.39, 0.29) is 19.1 Å². The average Bonchev–Trinajstić information content (AvgIpc) is 3.20. The number of unbranched alkanes of at least 4 members (excludes halogenated alkanes) is 29. The van der Waals surface area contributed by atoms with Gasteiger partial charge < -0.3 is 19.8 Å². The lowest BCUT2D eigenvalue weighted by molar-refractivity contribution is -0.870. The molecule has 0 saturated carbocycles. The Morgan fingerprint density at radius 3 is 1.33 bits per heavy atom. The summed E-state index contributed by atoms with van der Waals surface area (Å²) in [6.07, 6.45) is 53.7. The summed E-state index contributed by atoms with van der Waals surface area (Å²) in [7, 11) is 1.55. The third-order valence-corrected chi connectivity index (χ3v) is 12.3. The van der Waals surface area contributed by atoms with E-state index in [9.17, 15) is 19.4 Å². The number of nitrogens with one attached hydrogen (secondary N) is 1. The first-order valence-corrected chi connectivity index (χ1v) is 26.9. The Kier molecular flexibility index (Phi) is 42.1. The number of quaternary nitrogens is 1. The third-order valence-electron chi connectivity index (χ3n) is 11.3. The molecule has 3 atom stereocenters. The topological polar surface area (TPSA) is 105 Å². The number of hydrogen-bond donors (Lipinski definition) is 3. The van der Waals surface area contributed by atoms with Gasteiger partial charge in [-0.05, 0) is 44.9 Å². The Labute approximate surface area is 372 Å². The minimum Gasteiger partial charge on any atom is -0.387 e. The van der Waals surface area contributed by atoms with Gasteiger partial charge in [0.05, 0.1) is 39.9 Å². The van der Waals surface area contributed by atoms with E-state index in [1.165, 1.54) is 167 Å². The van der Waals surface area contributed by atoms with Crippen LogP contribution in [0.15, 0.2) is 36.5 Å². The normalized spacial score (nSPS) is 14.4. The SMILES string of the molecule is CCCCCCCC/C=C/CC/C=C/CC/C=C/C(O)C(COP(=O)(O)OCC[N+](C)(C)C)NC(=O)CCCCCCCCCCCCCCCCCCCCCCCC. The van der Waals surface area contributed by atoms with E-state index in [0.29, 0.717) is 17.4 Å². The molecule has 8 nitrogen and oxygen atoms in total. The molecular weight excluding hydrogens is 768 g/mol. The van der Waals surface area contributed by atoms with Crippen LogP contribution in [0.2, 0.25) is 0 Å². The lowest BCUT2D eigenvalue weighted by Gasteiger charge is -2.25. The highest BCUT2D eigenvalue weighted by molar-refractivity contribution is 7.47. The van der Waals surface area contributed by atoms with Crippen molar-refractivity contribution in [3.63, 3.8) is 0 Å². The first kappa shape index (κ1) is 58.7. The van der Waals surface area contributed by atoms with Gasteiger partial charge in [0, 0.05) is 6.42 Å². The first-order chi connectivity index (χ1) is 29.0. The third kappa shape index (κ3) is 44.8. The Balaban J connectivity index is 4.32. The number of likely N-dealkylation sites (N-methyl/N-ethyl adjacent to an activating group) is 1. The van der Waals surface area contributed by atoms with Crippen LogP contribution in [0.4, 0.5) is 0 Å². The highest BCUT2D eigenvalue weighted by Gasteiger charge is 2.27. The molecule has 0 fully saturated rings. The number of carbonyl (C=O) groups excluding carboxylic acids is 1. The zero-order valence-electron chi connectivity index (χ0n) is 40.2. The molecule has 9 heteroatoms. The van der Waals surface area contributed by atoms with Gasteiger partial charge in [-0.2, -0.15) is 0 Å². The largest absolute Gasteiger partial charge is 0.472 e. The molecule has 60 heavy (non-hydrogen) atoms.